The Labute approximate surface area is 141 Å². The van der Waals surface area contributed by atoms with E-state index < -0.39 is 17.6 Å². The molecule has 0 aliphatic carbocycles. The van der Waals surface area contributed by atoms with Gasteiger partial charge in [-0.25, -0.2) is 4.39 Å². The molecule has 1 aliphatic rings. The zero-order valence-corrected chi connectivity index (χ0v) is 13.4. The summed E-state index contributed by atoms with van der Waals surface area (Å²) in [6, 6.07) is 1.93. The fourth-order valence-corrected chi connectivity index (χ4v) is 2.44. The standard InChI is InChI=1S/C14H14F4N4O.ClH/c1-22-5-4-19-7-11(22)12-20-13(23-21-12)9-6-8(14(16,17)18)2-3-10(9)15;/h2-3,6,11,19H,4-5,7H2,1H3;1H. The number of nitrogens with one attached hydrogen (secondary N) is 1. The second-order valence-corrected chi connectivity index (χ2v) is 5.35. The van der Waals surface area contributed by atoms with Crippen LogP contribution in [0.3, 0.4) is 0 Å². The summed E-state index contributed by atoms with van der Waals surface area (Å²) < 4.78 is 57.1. The number of benzene rings is 1. The van der Waals surface area contributed by atoms with Gasteiger partial charge in [0.2, 0.25) is 0 Å². The highest BCUT2D eigenvalue weighted by atomic mass is 35.5. The molecule has 0 amide bonds. The lowest BCUT2D eigenvalue weighted by atomic mass is 10.1. The molecule has 1 aromatic carbocycles. The zero-order chi connectivity index (χ0) is 16.6. The van der Waals surface area contributed by atoms with Crippen LogP contribution in [0, 0.1) is 5.82 Å². The molecule has 5 nitrogen and oxygen atoms in total. The summed E-state index contributed by atoms with van der Waals surface area (Å²) in [6.45, 7) is 2.17. The van der Waals surface area contributed by atoms with Crippen LogP contribution in [0.1, 0.15) is 17.4 Å². The smallest absolute Gasteiger partial charge is 0.334 e. The van der Waals surface area contributed by atoms with Crippen LogP contribution in [0.15, 0.2) is 22.7 Å². The van der Waals surface area contributed by atoms with Crippen molar-refractivity contribution in [3.05, 3.63) is 35.4 Å². The highest BCUT2D eigenvalue weighted by Crippen LogP contribution is 2.33. The number of halogens is 5. The number of likely N-dealkylation sites (N-methyl/N-ethyl adjacent to an activating group) is 1. The number of piperazine rings is 1. The fourth-order valence-electron chi connectivity index (χ4n) is 2.44. The van der Waals surface area contributed by atoms with Crippen LogP contribution < -0.4 is 5.32 Å². The molecular formula is C14H15ClF4N4O. The van der Waals surface area contributed by atoms with Gasteiger partial charge in [-0.05, 0) is 25.2 Å². The molecule has 132 valence electrons. The molecule has 0 radical (unpaired) electrons. The Kier molecular flexibility index (Phi) is 5.46. The molecule has 1 unspecified atom stereocenters. The first-order chi connectivity index (χ1) is 10.9. The van der Waals surface area contributed by atoms with E-state index in [2.05, 4.69) is 15.5 Å². The number of rotatable bonds is 2. The molecule has 2 heterocycles. The minimum absolute atomic E-state index is 0. The van der Waals surface area contributed by atoms with Crippen molar-refractivity contribution >= 4 is 12.4 Å². The third-order valence-electron chi connectivity index (χ3n) is 3.77. The van der Waals surface area contributed by atoms with Crippen LogP contribution in [-0.2, 0) is 6.18 Å². The van der Waals surface area contributed by atoms with Crippen molar-refractivity contribution in [2.75, 3.05) is 26.7 Å². The predicted molar refractivity (Wildman–Crippen MR) is 80.2 cm³/mol. The van der Waals surface area contributed by atoms with Gasteiger partial charge in [-0.15, -0.1) is 12.4 Å². The zero-order valence-electron chi connectivity index (χ0n) is 12.6. The Morgan fingerprint density at radius 3 is 2.75 bits per heavy atom. The van der Waals surface area contributed by atoms with Crippen LogP contribution >= 0.6 is 12.4 Å². The molecule has 1 atom stereocenters. The lowest BCUT2D eigenvalue weighted by Gasteiger charge is -2.30. The minimum Gasteiger partial charge on any atom is -0.334 e. The van der Waals surface area contributed by atoms with Gasteiger partial charge in [-0.2, -0.15) is 18.2 Å². The molecule has 0 spiro atoms. The van der Waals surface area contributed by atoms with Gasteiger partial charge >= 0.3 is 6.18 Å². The lowest BCUT2D eigenvalue weighted by Crippen LogP contribution is -2.44. The number of hydrogen-bond donors (Lipinski definition) is 1. The summed E-state index contributed by atoms with van der Waals surface area (Å²) in [5.41, 5.74) is -1.32. The van der Waals surface area contributed by atoms with Crippen molar-refractivity contribution in [1.29, 1.82) is 0 Å². The Balaban J connectivity index is 0.00000208. The van der Waals surface area contributed by atoms with Gasteiger partial charge in [0.25, 0.3) is 5.89 Å². The lowest BCUT2D eigenvalue weighted by molar-refractivity contribution is -0.137. The van der Waals surface area contributed by atoms with E-state index >= 15 is 0 Å². The van der Waals surface area contributed by atoms with Crippen LogP contribution in [0.5, 0.6) is 0 Å². The van der Waals surface area contributed by atoms with Gasteiger partial charge in [0.05, 0.1) is 17.2 Å². The average Bonchev–Trinajstić information content (AvgIpc) is 2.96. The summed E-state index contributed by atoms with van der Waals surface area (Å²) in [7, 11) is 1.88. The maximum absolute atomic E-state index is 13.9. The highest BCUT2D eigenvalue weighted by Gasteiger charge is 2.32. The molecule has 10 heteroatoms. The molecule has 24 heavy (non-hydrogen) atoms. The maximum Gasteiger partial charge on any atom is 0.416 e. The van der Waals surface area contributed by atoms with Crippen molar-refractivity contribution in [1.82, 2.24) is 20.4 Å². The van der Waals surface area contributed by atoms with Gasteiger partial charge in [0, 0.05) is 19.6 Å². The summed E-state index contributed by atoms with van der Waals surface area (Å²) in [6.07, 6.45) is -4.57. The van der Waals surface area contributed by atoms with E-state index in [0.717, 1.165) is 19.2 Å². The first-order valence-corrected chi connectivity index (χ1v) is 6.98. The van der Waals surface area contributed by atoms with E-state index in [-0.39, 0.29) is 29.9 Å². The van der Waals surface area contributed by atoms with Gasteiger partial charge in [-0.1, -0.05) is 5.16 Å². The Bertz CT molecular complexity index is 706. The third kappa shape index (κ3) is 3.68. The maximum atomic E-state index is 13.9. The first-order valence-electron chi connectivity index (χ1n) is 6.98. The molecule has 2 aromatic rings. The van der Waals surface area contributed by atoms with Gasteiger partial charge in [-0.3, -0.25) is 4.90 Å². The summed E-state index contributed by atoms with van der Waals surface area (Å²) in [5, 5.41) is 6.95. The number of hydrogen-bond acceptors (Lipinski definition) is 5. The molecule has 3 rings (SSSR count). The second kappa shape index (κ2) is 7.04. The largest absolute Gasteiger partial charge is 0.416 e. The molecule has 1 fully saturated rings. The molecular weight excluding hydrogens is 352 g/mol. The number of alkyl halides is 3. The van der Waals surface area contributed by atoms with Crippen LogP contribution in [-0.4, -0.2) is 41.7 Å². The number of aromatic nitrogens is 2. The summed E-state index contributed by atoms with van der Waals surface area (Å²) in [4.78, 5) is 6.07. The fraction of sp³-hybridized carbons (Fsp3) is 0.429. The van der Waals surface area contributed by atoms with Crippen molar-refractivity contribution in [3.8, 4) is 11.5 Å². The molecule has 1 aliphatic heterocycles. The van der Waals surface area contributed by atoms with Crippen LogP contribution in [0.2, 0.25) is 0 Å². The van der Waals surface area contributed by atoms with Crippen molar-refractivity contribution in [2.45, 2.75) is 12.2 Å². The predicted octanol–water partition coefficient (Wildman–Crippen LogP) is 2.89. The molecule has 0 saturated carbocycles. The van der Waals surface area contributed by atoms with E-state index in [4.69, 9.17) is 4.52 Å². The van der Waals surface area contributed by atoms with Crippen LogP contribution in [0.25, 0.3) is 11.5 Å². The van der Waals surface area contributed by atoms with E-state index in [1.807, 2.05) is 11.9 Å². The molecule has 1 saturated heterocycles. The van der Waals surface area contributed by atoms with Gasteiger partial charge in [0.1, 0.15) is 5.82 Å². The SMILES string of the molecule is CN1CCNCC1c1noc(-c2cc(C(F)(F)F)ccc2F)n1.Cl. The van der Waals surface area contributed by atoms with E-state index in [0.29, 0.717) is 24.5 Å². The summed E-state index contributed by atoms with van der Waals surface area (Å²) >= 11 is 0. The first kappa shape index (κ1) is 18.6. The van der Waals surface area contributed by atoms with Crippen LogP contribution in [0.4, 0.5) is 17.6 Å². The van der Waals surface area contributed by atoms with E-state index in [1.165, 1.54) is 0 Å². The minimum atomic E-state index is -4.57. The van der Waals surface area contributed by atoms with Crippen molar-refractivity contribution in [3.63, 3.8) is 0 Å². The summed E-state index contributed by atoms with van der Waals surface area (Å²) in [5.74, 6) is -0.794. The van der Waals surface area contributed by atoms with Crippen molar-refractivity contribution in [2.24, 2.45) is 0 Å². The van der Waals surface area contributed by atoms with Crippen molar-refractivity contribution < 1.29 is 22.1 Å². The normalized spacial score (nSPS) is 19.1. The number of nitrogens with zero attached hydrogens (tertiary/aromatic N) is 3. The molecule has 0 bridgehead atoms. The quantitative estimate of drug-likeness (QED) is 0.828. The van der Waals surface area contributed by atoms with E-state index in [1.54, 1.807) is 0 Å². The highest BCUT2D eigenvalue weighted by molar-refractivity contribution is 5.85. The average molecular weight is 367 g/mol. The van der Waals surface area contributed by atoms with Gasteiger partial charge < -0.3 is 9.84 Å². The Morgan fingerprint density at radius 2 is 2.08 bits per heavy atom. The second-order valence-electron chi connectivity index (χ2n) is 5.35. The topological polar surface area (TPSA) is 54.2 Å². The Morgan fingerprint density at radius 1 is 1.33 bits per heavy atom. The van der Waals surface area contributed by atoms with E-state index in [9.17, 15) is 17.6 Å². The molecule has 1 aromatic heterocycles. The Hall–Kier alpha value is -1.71. The van der Waals surface area contributed by atoms with Gasteiger partial charge in [0.15, 0.2) is 5.82 Å². The third-order valence-corrected chi connectivity index (χ3v) is 3.77. The molecule has 1 N–H and O–H groups in total. The monoisotopic (exact) mass is 366 g/mol.